The summed E-state index contributed by atoms with van der Waals surface area (Å²) in [4.78, 5) is 9.22. The van der Waals surface area contributed by atoms with E-state index < -0.39 is 0 Å². The Morgan fingerprint density at radius 3 is 2.71 bits per heavy atom. The minimum absolute atomic E-state index is 0.435. The third kappa shape index (κ3) is 4.25. The van der Waals surface area contributed by atoms with Crippen LogP contribution in [-0.2, 0) is 11.3 Å². The minimum atomic E-state index is 0.435. The molecule has 1 aromatic carbocycles. The number of hydrogen-bond donors (Lipinski definition) is 1. The maximum Gasteiger partial charge on any atom is 0.161 e. The van der Waals surface area contributed by atoms with E-state index in [1.54, 1.807) is 7.11 Å². The van der Waals surface area contributed by atoms with Crippen LogP contribution in [0.4, 0.5) is 5.82 Å². The molecule has 2 aromatic rings. The lowest BCUT2D eigenvalue weighted by atomic mass is 10.2. The largest absolute Gasteiger partial charge is 0.378 e. The molecule has 21 heavy (non-hydrogen) atoms. The average Bonchev–Trinajstić information content (AvgIpc) is 2.48. The van der Waals surface area contributed by atoms with Crippen LogP contribution in [0.3, 0.4) is 0 Å². The van der Waals surface area contributed by atoms with Crippen LogP contribution in [0, 0.1) is 0 Å². The summed E-state index contributed by atoms with van der Waals surface area (Å²) in [5, 5.41) is 3.32. The summed E-state index contributed by atoms with van der Waals surface area (Å²) in [7, 11) is 1.66. The number of aromatic nitrogens is 2. The molecular formula is C15H17Br2N3O. The molecule has 1 N–H and O–H groups in total. The molecule has 0 saturated heterocycles. The number of nitrogens with zero attached hydrogens (tertiary/aromatic N) is 2. The zero-order valence-electron chi connectivity index (χ0n) is 12.0. The Bertz CT molecular complexity index is 620. The van der Waals surface area contributed by atoms with Crippen LogP contribution in [0.1, 0.15) is 19.0 Å². The van der Waals surface area contributed by atoms with E-state index in [0.29, 0.717) is 12.4 Å². The lowest BCUT2D eigenvalue weighted by Gasteiger charge is -2.12. The van der Waals surface area contributed by atoms with Crippen LogP contribution in [0.15, 0.2) is 33.2 Å². The Hall–Kier alpha value is -0.980. The number of nitrogens with one attached hydrogen (secondary N) is 1. The summed E-state index contributed by atoms with van der Waals surface area (Å²) in [6.45, 7) is 3.41. The molecule has 0 saturated carbocycles. The fourth-order valence-electron chi connectivity index (χ4n) is 1.84. The first-order valence-electron chi connectivity index (χ1n) is 6.70. The molecule has 0 aliphatic rings. The van der Waals surface area contributed by atoms with E-state index in [4.69, 9.17) is 4.74 Å². The van der Waals surface area contributed by atoms with Crippen molar-refractivity contribution in [2.75, 3.05) is 19.0 Å². The first-order chi connectivity index (χ1) is 10.2. The number of anilines is 1. The zero-order chi connectivity index (χ0) is 15.2. The van der Waals surface area contributed by atoms with E-state index >= 15 is 0 Å². The highest BCUT2D eigenvalue weighted by Crippen LogP contribution is 2.28. The highest BCUT2D eigenvalue weighted by molar-refractivity contribution is 9.11. The van der Waals surface area contributed by atoms with Crippen molar-refractivity contribution in [2.45, 2.75) is 20.0 Å². The monoisotopic (exact) mass is 413 g/mol. The Labute approximate surface area is 141 Å². The van der Waals surface area contributed by atoms with Crippen molar-refractivity contribution in [1.29, 1.82) is 0 Å². The normalized spacial score (nSPS) is 10.7. The van der Waals surface area contributed by atoms with Crippen LogP contribution in [0.5, 0.6) is 0 Å². The predicted molar refractivity (Wildman–Crippen MR) is 92.4 cm³/mol. The van der Waals surface area contributed by atoms with Gasteiger partial charge in [-0.2, -0.15) is 0 Å². The Morgan fingerprint density at radius 1 is 1.24 bits per heavy atom. The fourth-order valence-corrected chi connectivity index (χ4v) is 2.67. The molecule has 0 spiro atoms. The maximum absolute atomic E-state index is 5.23. The van der Waals surface area contributed by atoms with Crippen LogP contribution in [0.25, 0.3) is 11.4 Å². The first-order valence-corrected chi connectivity index (χ1v) is 8.29. The van der Waals surface area contributed by atoms with Crippen LogP contribution < -0.4 is 5.32 Å². The lowest BCUT2D eigenvalue weighted by molar-refractivity contribution is 0.181. The van der Waals surface area contributed by atoms with Crippen LogP contribution in [0.2, 0.25) is 0 Å². The molecule has 112 valence electrons. The topological polar surface area (TPSA) is 47.0 Å². The molecule has 0 fully saturated rings. The van der Waals surface area contributed by atoms with E-state index in [1.165, 1.54) is 0 Å². The molecule has 0 atom stereocenters. The van der Waals surface area contributed by atoms with Gasteiger partial charge < -0.3 is 10.1 Å². The Kier molecular flexibility index (Phi) is 6.14. The van der Waals surface area contributed by atoms with E-state index in [1.807, 2.05) is 24.3 Å². The van der Waals surface area contributed by atoms with E-state index in [0.717, 1.165) is 39.0 Å². The summed E-state index contributed by atoms with van der Waals surface area (Å²) in [6, 6.07) is 7.95. The summed E-state index contributed by atoms with van der Waals surface area (Å²) in [6.07, 6.45) is 1.03. The molecule has 0 unspecified atom stereocenters. The smallest absolute Gasteiger partial charge is 0.161 e. The second-order valence-electron chi connectivity index (χ2n) is 4.53. The lowest BCUT2D eigenvalue weighted by Crippen LogP contribution is -2.08. The molecule has 0 radical (unpaired) electrons. The molecule has 0 aliphatic heterocycles. The van der Waals surface area contributed by atoms with Gasteiger partial charge in [-0.3, -0.25) is 0 Å². The van der Waals surface area contributed by atoms with Gasteiger partial charge in [-0.1, -0.05) is 35.0 Å². The van der Waals surface area contributed by atoms with Gasteiger partial charge in [-0.15, -0.1) is 0 Å². The number of benzene rings is 1. The Morgan fingerprint density at radius 2 is 2.05 bits per heavy atom. The van der Waals surface area contributed by atoms with Crippen molar-refractivity contribution < 1.29 is 4.74 Å². The first kappa shape index (κ1) is 16.4. The van der Waals surface area contributed by atoms with Gasteiger partial charge in [0.15, 0.2) is 5.82 Å². The highest BCUT2D eigenvalue weighted by atomic mass is 79.9. The number of rotatable bonds is 6. The van der Waals surface area contributed by atoms with Gasteiger partial charge in [0, 0.05) is 23.7 Å². The number of methoxy groups -OCH3 is 1. The second-order valence-corrected chi connectivity index (χ2v) is 6.24. The van der Waals surface area contributed by atoms with Crippen LogP contribution in [-0.4, -0.2) is 23.6 Å². The van der Waals surface area contributed by atoms with Crippen molar-refractivity contribution >= 4 is 37.7 Å². The Balaban J connectivity index is 2.47. The molecule has 0 bridgehead atoms. The number of halogens is 2. The third-order valence-electron chi connectivity index (χ3n) is 2.83. The van der Waals surface area contributed by atoms with Crippen molar-refractivity contribution in [1.82, 2.24) is 9.97 Å². The van der Waals surface area contributed by atoms with Crippen LogP contribution >= 0.6 is 31.9 Å². The average molecular weight is 415 g/mol. The summed E-state index contributed by atoms with van der Waals surface area (Å²) >= 11 is 7.04. The highest BCUT2D eigenvalue weighted by Gasteiger charge is 2.13. The number of hydrogen-bond acceptors (Lipinski definition) is 4. The van der Waals surface area contributed by atoms with Crippen molar-refractivity contribution in [3.8, 4) is 11.4 Å². The molecule has 6 heteroatoms. The zero-order valence-corrected chi connectivity index (χ0v) is 15.2. The van der Waals surface area contributed by atoms with Gasteiger partial charge in [-0.25, -0.2) is 9.97 Å². The molecular weight excluding hydrogens is 398 g/mol. The van der Waals surface area contributed by atoms with Crippen molar-refractivity contribution in [2.24, 2.45) is 0 Å². The van der Waals surface area contributed by atoms with E-state index in [2.05, 4.69) is 54.1 Å². The van der Waals surface area contributed by atoms with Gasteiger partial charge >= 0.3 is 0 Å². The molecule has 4 nitrogen and oxygen atoms in total. The van der Waals surface area contributed by atoms with Gasteiger partial charge in [0.25, 0.3) is 0 Å². The molecule has 1 aromatic heterocycles. The standard InChI is InChI=1S/C15H17Br2N3O/c1-3-7-18-15-13(17)12(9-21-2)19-14(20-15)10-5-4-6-11(16)8-10/h4-6,8H,3,7,9H2,1-2H3,(H,18,19,20). The van der Waals surface area contributed by atoms with E-state index in [9.17, 15) is 0 Å². The molecule has 0 aliphatic carbocycles. The molecule has 1 heterocycles. The predicted octanol–water partition coefficient (Wildman–Crippen LogP) is 4.64. The fraction of sp³-hybridized carbons (Fsp3) is 0.333. The van der Waals surface area contributed by atoms with Crippen molar-refractivity contribution in [3.63, 3.8) is 0 Å². The number of ether oxygens (including phenoxy) is 1. The molecule has 0 amide bonds. The third-order valence-corrected chi connectivity index (χ3v) is 4.15. The van der Waals surface area contributed by atoms with Gasteiger partial charge in [-0.05, 0) is 34.5 Å². The SMILES string of the molecule is CCCNc1nc(-c2cccc(Br)c2)nc(COC)c1Br. The minimum Gasteiger partial charge on any atom is -0.378 e. The summed E-state index contributed by atoms with van der Waals surface area (Å²) in [5.41, 5.74) is 1.80. The van der Waals surface area contributed by atoms with E-state index in [-0.39, 0.29) is 0 Å². The second kappa shape index (κ2) is 7.87. The summed E-state index contributed by atoms with van der Waals surface area (Å²) < 4.78 is 7.09. The summed E-state index contributed by atoms with van der Waals surface area (Å²) in [5.74, 6) is 1.49. The van der Waals surface area contributed by atoms with Gasteiger partial charge in [0.05, 0.1) is 16.8 Å². The van der Waals surface area contributed by atoms with Crippen molar-refractivity contribution in [3.05, 3.63) is 38.9 Å². The van der Waals surface area contributed by atoms with Gasteiger partial charge in [0.1, 0.15) is 5.82 Å². The maximum atomic E-state index is 5.23. The molecule has 2 rings (SSSR count). The van der Waals surface area contributed by atoms with Gasteiger partial charge in [0.2, 0.25) is 0 Å². The quantitative estimate of drug-likeness (QED) is 0.747.